The summed E-state index contributed by atoms with van der Waals surface area (Å²) in [5.74, 6) is 3.73. The highest BCUT2D eigenvalue weighted by molar-refractivity contribution is 5.77. The number of hydrogen-bond acceptors (Lipinski definition) is 8. The van der Waals surface area contributed by atoms with Crippen molar-refractivity contribution in [2.75, 3.05) is 29.9 Å². The zero-order valence-corrected chi connectivity index (χ0v) is 18.1. The van der Waals surface area contributed by atoms with Gasteiger partial charge in [0.15, 0.2) is 17.4 Å². The molecular weight excluding hydrogens is 431 g/mol. The number of ether oxygens (including phenoxy) is 1. The largest absolute Gasteiger partial charge is 0.491 e. The molecule has 0 aromatic carbocycles. The van der Waals surface area contributed by atoms with Crippen LogP contribution in [-0.2, 0) is 23.1 Å². The molecular formula is C19H24F3N7O3. The van der Waals surface area contributed by atoms with Gasteiger partial charge in [0.2, 0.25) is 11.9 Å². The number of carbonyl (C=O) groups excluding carboxylic acids is 1. The monoisotopic (exact) mass is 455 g/mol. The molecule has 0 radical (unpaired) electrons. The highest BCUT2D eigenvalue weighted by Crippen LogP contribution is 2.25. The molecule has 1 unspecified atom stereocenters. The Balaban J connectivity index is 2.14. The molecule has 0 saturated carbocycles. The molecule has 0 spiro atoms. The molecule has 1 fully saturated rings. The van der Waals surface area contributed by atoms with Crippen LogP contribution < -0.4 is 21.1 Å². The van der Waals surface area contributed by atoms with Gasteiger partial charge in [-0.2, -0.15) is 23.1 Å². The van der Waals surface area contributed by atoms with Crippen LogP contribution in [0.4, 0.5) is 25.1 Å². The summed E-state index contributed by atoms with van der Waals surface area (Å²) in [6.07, 6.45) is -6.41. The second-order valence-corrected chi connectivity index (χ2v) is 7.45. The first-order chi connectivity index (χ1) is 15.0. The topological polar surface area (TPSA) is 106 Å². The molecule has 1 aliphatic rings. The van der Waals surface area contributed by atoms with Crippen molar-refractivity contribution in [2.45, 2.75) is 45.8 Å². The van der Waals surface area contributed by atoms with Gasteiger partial charge in [-0.05, 0) is 20.8 Å². The van der Waals surface area contributed by atoms with Crippen molar-refractivity contribution in [2.24, 2.45) is 7.05 Å². The number of piperazine rings is 1. The highest BCUT2D eigenvalue weighted by Gasteiger charge is 2.44. The molecule has 1 aliphatic heterocycles. The minimum absolute atomic E-state index is 0.00241. The van der Waals surface area contributed by atoms with Crippen LogP contribution in [0.15, 0.2) is 4.79 Å². The summed E-state index contributed by atoms with van der Waals surface area (Å²) < 4.78 is 45.9. The number of esters is 1. The number of nitrogens with one attached hydrogen (secondary N) is 2. The Morgan fingerprint density at radius 2 is 2.09 bits per heavy atom. The molecule has 0 bridgehead atoms. The van der Waals surface area contributed by atoms with E-state index in [2.05, 4.69) is 32.4 Å². The van der Waals surface area contributed by atoms with Gasteiger partial charge in [0.1, 0.15) is 0 Å². The van der Waals surface area contributed by atoms with Crippen LogP contribution in [-0.4, -0.2) is 63.2 Å². The first kappa shape index (κ1) is 23.4. The number of aromatic nitrogens is 4. The number of rotatable bonds is 5. The van der Waals surface area contributed by atoms with Crippen molar-refractivity contribution in [3.63, 3.8) is 0 Å². The Kier molecular flexibility index (Phi) is 6.63. The molecule has 32 heavy (non-hydrogen) atoms. The third-order valence-corrected chi connectivity index (χ3v) is 4.72. The second kappa shape index (κ2) is 9.07. The lowest BCUT2D eigenvalue weighted by atomic mass is 10.3. The van der Waals surface area contributed by atoms with Crippen molar-refractivity contribution in [3.8, 4) is 11.8 Å². The Bertz CT molecular complexity index is 1130. The molecule has 2 N–H and O–H groups in total. The molecule has 1 saturated heterocycles. The van der Waals surface area contributed by atoms with Crippen LogP contribution in [0, 0.1) is 11.8 Å². The molecule has 10 nitrogen and oxygen atoms in total. The van der Waals surface area contributed by atoms with Crippen LogP contribution in [0.25, 0.3) is 11.2 Å². The van der Waals surface area contributed by atoms with E-state index in [1.54, 1.807) is 14.0 Å². The molecule has 3 rings (SSSR count). The quantitative estimate of drug-likeness (QED) is 0.504. The van der Waals surface area contributed by atoms with Gasteiger partial charge in [0.25, 0.3) is 5.56 Å². The Morgan fingerprint density at radius 1 is 1.38 bits per heavy atom. The number of halogens is 3. The first-order valence-corrected chi connectivity index (χ1v) is 9.93. The molecule has 13 heteroatoms. The maximum atomic E-state index is 13.1. The lowest BCUT2D eigenvalue weighted by molar-refractivity contribution is -0.205. The number of nitrogens with zero attached hydrogens (tertiary/aromatic N) is 5. The summed E-state index contributed by atoms with van der Waals surface area (Å²) >= 11 is 0. The first-order valence-electron chi connectivity index (χ1n) is 9.93. The molecule has 0 amide bonds. The van der Waals surface area contributed by atoms with Crippen molar-refractivity contribution >= 4 is 29.0 Å². The minimum atomic E-state index is -5.13. The van der Waals surface area contributed by atoms with Crippen molar-refractivity contribution in [1.82, 2.24) is 24.4 Å². The average Bonchev–Trinajstić information content (AvgIpc) is 3.07. The number of anilines is 2. The summed E-state index contributed by atoms with van der Waals surface area (Å²) in [4.78, 5) is 34.8. The van der Waals surface area contributed by atoms with Gasteiger partial charge < -0.3 is 20.3 Å². The minimum Gasteiger partial charge on any atom is -0.433 e. The van der Waals surface area contributed by atoms with E-state index < -0.39 is 23.9 Å². The van der Waals surface area contributed by atoms with Gasteiger partial charge in [-0.3, -0.25) is 13.9 Å². The van der Waals surface area contributed by atoms with Gasteiger partial charge in [-0.15, -0.1) is 5.92 Å². The predicted octanol–water partition coefficient (Wildman–Crippen LogP) is 0.815. The molecule has 174 valence electrons. The molecule has 1 atom stereocenters. The van der Waals surface area contributed by atoms with Crippen molar-refractivity contribution < 1.29 is 22.7 Å². The summed E-state index contributed by atoms with van der Waals surface area (Å²) in [6, 6.07) is -0.00241. The standard InChI is InChI=1S/C19H24F3N7O3/c1-5-6-8-29-13-14(25-17(24-11(2)3)27(4)15(13)30)26-18(29)28-9-7-23-10-12(28)32-16(31)19(20,21)22/h11-12,23H,7-10H2,1-4H3,(H,24,25). The van der Waals surface area contributed by atoms with Gasteiger partial charge in [0, 0.05) is 26.2 Å². The van der Waals surface area contributed by atoms with Crippen LogP contribution in [0.3, 0.4) is 0 Å². The SMILES string of the molecule is CC#CCn1c(N2CCNCC2OC(=O)C(F)(F)F)nc2nc(NC(C)C)n(C)c(=O)c21. The summed E-state index contributed by atoms with van der Waals surface area (Å²) in [5.41, 5.74) is -0.128. The highest BCUT2D eigenvalue weighted by atomic mass is 19.4. The normalized spacial score (nSPS) is 16.8. The number of imidazole rings is 1. The van der Waals surface area contributed by atoms with E-state index in [-0.39, 0.29) is 42.8 Å². The zero-order chi connectivity index (χ0) is 23.6. The van der Waals surface area contributed by atoms with Crippen LogP contribution in [0.2, 0.25) is 0 Å². The lowest BCUT2D eigenvalue weighted by Gasteiger charge is -2.36. The van der Waals surface area contributed by atoms with Crippen molar-refractivity contribution in [1.29, 1.82) is 0 Å². The Morgan fingerprint density at radius 3 is 2.72 bits per heavy atom. The molecule has 2 aromatic rings. The number of fused-ring (bicyclic) bond motifs is 1. The number of carbonyl (C=O) groups is 1. The van der Waals surface area contributed by atoms with E-state index in [0.29, 0.717) is 12.5 Å². The lowest BCUT2D eigenvalue weighted by Crippen LogP contribution is -2.55. The predicted molar refractivity (Wildman–Crippen MR) is 111 cm³/mol. The number of hydrogen-bond donors (Lipinski definition) is 2. The van der Waals surface area contributed by atoms with Crippen LogP contribution >= 0.6 is 0 Å². The van der Waals surface area contributed by atoms with E-state index >= 15 is 0 Å². The second-order valence-electron chi connectivity index (χ2n) is 7.45. The fraction of sp³-hybridized carbons (Fsp3) is 0.579. The average molecular weight is 455 g/mol. The van der Waals surface area contributed by atoms with E-state index in [0.717, 1.165) is 0 Å². The molecule has 2 aromatic heterocycles. The van der Waals surface area contributed by atoms with E-state index in [9.17, 15) is 22.8 Å². The van der Waals surface area contributed by atoms with E-state index in [1.807, 2.05) is 13.8 Å². The van der Waals surface area contributed by atoms with Crippen LogP contribution in [0.1, 0.15) is 20.8 Å². The third-order valence-electron chi connectivity index (χ3n) is 4.72. The summed E-state index contributed by atoms with van der Waals surface area (Å²) in [5, 5.41) is 5.96. The fourth-order valence-corrected chi connectivity index (χ4v) is 3.27. The Hall–Kier alpha value is -3.27. The Labute approximate surface area is 181 Å². The van der Waals surface area contributed by atoms with Crippen molar-refractivity contribution in [3.05, 3.63) is 10.4 Å². The summed E-state index contributed by atoms with van der Waals surface area (Å²) in [7, 11) is 1.56. The van der Waals surface area contributed by atoms with Gasteiger partial charge >= 0.3 is 12.1 Å². The maximum Gasteiger partial charge on any atom is 0.491 e. The fourth-order valence-electron chi connectivity index (χ4n) is 3.27. The molecule has 3 heterocycles. The van der Waals surface area contributed by atoms with Gasteiger partial charge in [-0.1, -0.05) is 5.92 Å². The summed E-state index contributed by atoms with van der Waals surface area (Å²) in [6.45, 7) is 6.01. The third kappa shape index (κ3) is 4.64. The van der Waals surface area contributed by atoms with E-state index in [1.165, 1.54) is 14.0 Å². The zero-order valence-electron chi connectivity index (χ0n) is 18.1. The molecule has 0 aliphatic carbocycles. The smallest absolute Gasteiger partial charge is 0.433 e. The van der Waals surface area contributed by atoms with Gasteiger partial charge in [-0.25, -0.2) is 4.79 Å². The maximum absolute atomic E-state index is 13.1. The van der Waals surface area contributed by atoms with Gasteiger partial charge in [0.05, 0.1) is 13.1 Å². The van der Waals surface area contributed by atoms with E-state index in [4.69, 9.17) is 4.74 Å². The van der Waals surface area contributed by atoms with Crippen LogP contribution in [0.5, 0.6) is 0 Å². The number of alkyl halides is 3.